The third-order valence-electron chi connectivity index (χ3n) is 4.34. The number of aromatic nitrogens is 1. The van der Waals surface area contributed by atoms with Gasteiger partial charge in [0.15, 0.2) is 5.78 Å². The molecule has 1 heterocycles. The Kier molecular flexibility index (Phi) is 6.22. The van der Waals surface area contributed by atoms with Gasteiger partial charge >= 0.3 is 0 Å². The van der Waals surface area contributed by atoms with Gasteiger partial charge in [0.05, 0.1) is 5.69 Å². The van der Waals surface area contributed by atoms with Gasteiger partial charge in [0.2, 0.25) is 0 Å². The molecule has 1 atom stereocenters. The fraction of sp³-hybridized carbons (Fsp3) is 0.474. The number of nitriles is 1. The second-order valence-corrected chi connectivity index (χ2v) is 6.09. The Morgan fingerprint density at radius 2 is 2.35 bits per heavy atom. The summed E-state index contributed by atoms with van der Waals surface area (Å²) in [5.74, 6) is 0.212. The first-order valence-electron chi connectivity index (χ1n) is 8.42. The number of nitrogens with one attached hydrogen (secondary N) is 2. The normalized spacial score (nSPS) is 17.5. The van der Waals surface area contributed by atoms with E-state index in [4.69, 9.17) is 0 Å². The summed E-state index contributed by atoms with van der Waals surface area (Å²) >= 11 is 0. The van der Waals surface area contributed by atoms with Gasteiger partial charge in [-0.05, 0) is 37.7 Å². The first-order chi connectivity index (χ1) is 11.2. The maximum atomic E-state index is 12.1. The van der Waals surface area contributed by atoms with Crippen LogP contribution < -0.4 is 5.32 Å². The zero-order valence-corrected chi connectivity index (χ0v) is 13.8. The summed E-state index contributed by atoms with van der Waals surface area (Å²) < 4.78 is 0. The standard InChI is InChI=1S/C19H25N3O/c1-3-5-6-8-15-13-21-17(12-20)19(15)22-16-10-9-14(7-4-2)18(23)11-16/h4,11,13-14,21-22H,2-3,5-10H2,1H3. The average molecular weight is 311 g/mol. The Hall–Kier alpha value is -2.28. The Balaban J connectivity index is 2.11. The molecule has 0 aromatic carbocycles. The minimum atomic E-state index is 0.0590. The number of unbranched alkanes of at least 4 members (excludes halogenated alkanes) is 2. The van der Waals surface area contributed by atoms with Gasteiger partial charge in [0, 0.05) is 23.9 Å². The van der Waals surface area contributed by atoms with Crippen molar-refractivity contribution in [2.75, 3.05) is 5.32 Å². The number of allylic oxidation sites excluding steroid dienone is 3. The largest absolute Gasteiger partial charge is 0.356 e. The quantitative estimate of drug-likeness (QED) is 0.550. The van der Waals surface area contributed by atoms with Crippen molar-refractivity contribution in [3.05, 3.63) is 41.9 Å². The minimum Gasteiger partial charge on any atom is -0.356 e. The highest BCUT2D eigenvalue weighted by Crippen LogP contribution is 2.29. The molecule has 0 saturated carbocycles. The number of anilines is 1. The molecule has 0 aliphatic heterocycles. The monoisotopic (exact) mass is 311 g/mol. The zero-order chi connectivity index (χ0) is 16.7. The van der Waals surface area contributed by atoms with Crippen molar-refractivity contribution in [3.63, 3.8) is 0 Å². The summed E-state index contributed by atoms with van der Waals surface area (Å²) in [4.78, 5) is 15.2. The second kappa shape index (κ2) is 8.38. The van der Waals surface area contributed by atoms with Crippen LogP contribution in [0.5, 0.6) is 0 Å². The lowest BCUT2D eigenvalue weighted by atomic mass is 9.88. The summed E-state index contributed by atoms with van der Waals surface area (Å²) in [6, 6.07) is 2.19. The van der Waals surface area contributed by atoms with Crippen LogP contribution in [0.15, 0.2) is 30.6 Å². The molecule has 0 radical (unpaired) electrons. The molecular weight excluding hydrogens is 286 g/mol. The Bertz CT molecular complexity index is 634. The van der Waals surface area contributed by atoms with Gasteiger partial charge in [-0.2, -0.15) is 5.26 Å². The van der Waals surface area contributed by atoms with E-state index in [2.05, 4.69) is 29.9 Å². The van der Waals surface area contributed by atoms with Gasteiger partial charge < -0.3 is 10.3 Å². The van der Waals surface area contributed by atoms with E-state index >= 15 is 0 Å². The third kappa shape index (κ3) is 4.35. The molecule has 0 fully saturated rings. The zero-order valence-electron chi connectivity index (χ0n) is 13.8. The van der Waals surface area contributed by atoms with Gasteiger partial charge in [-0.3, -0.25) is 4.79 Å². The maximum absolute atomic E-state index is 12.1. The maximum Gasteiger partial charge on any atom is 0.160 e. The highest BCUT2D eigenvalue weighted by Gasteiger charge is 2.22. The Labute approximate surface area is 138 Å². The molecule has 23 heavy (non-hydrogen) atoms. The van der Waals surface area contributed by atoms with Crippen LogP contribution in [-0.2, 0) is 11.2 Å². The smallest absolute Gasteiger partial charge is 0.160 e. The lowest BCUT2D eigenvalue weighted by molar-refractivity contribution is -0.118. The average Bonchev–Trinajstić information content (AvgIpc) is 2.92. The molecule has 0 spiro atoms. The van der Waals surface area contributed by atoms with Crippen molar-refractivity contribution in [1.29, 1.82) is 5.26 Å². The van der Waals surface area contributed by atoms with Crippen LogP contribution in [0.25, 0.3) is 0 Å². The number of hydrogen-bond acceptors (Lipinski definition) is 3. The SMILES string of the molecule is C=CCC1CCC(Nc2c(CCCCC)c[nH]c2C#N)=CC1=O. The Morgan fingerprint density at radius 1 is 1.52 bits per heavy atom. The van der Waals surface area contributed by atoms with Crippen molar-refractivity contribution in [2.24, 2.45) is 5.92 Å². The number of carbonyl (C=O) groups is 1. The van der Waals surface area contributed by atoms with E-state index in [0.29, 0.717) is 5.69 Å². The Morgan fingerprint density at radius 3 is 3.00 bits per heavy atom. The van der Waals surface area contributed by atoms with E-state index in [1.165, 1.54) is 12.8 Å². The lowest BCUT2D eigenvalue weighted by Crippen LogP contribution is -2.19. The first-order valence-corrected chi connectivity index (χ1v) is 8.42. The van der Waals surface area contributed by atoms with E-state index in [1.807, 2.05) is 6.20 Å². The molecule has 0 bridgehead atoms. The molecule has 1 unspecified atom stereocenters. The number of rotatable bonds is 8. The van der Waals surface area contributed by atoms with E-state index in [0.717, 1.165) is 49.1 Å². The molecule has 0 saturated heterocycles. The molecule has 4 nitrogen and oxygen atoms in total. The van der Waals surface area contributed by atoms with E-state index in [1.54, 1.807) is 12.2 Å². The predicted octanol–water partition coefficient (Wildman–Crippen LogP) is 4.47. The molecule has 4 heteroatoms. The van der Waals surface area contributed by atoms with Crippen LogP contribution in [-0.4, -0.2) is 10.8 Å². The number of ketones is 1. The fourth-order valence-electron chi connectivity index (χ4n) is 2.99. The van der Waals surface area contributed by atoms with Gasteiger partial charge in [-0.15, -0.1) is 6.58 Å². The van der Waals surface area contributed by atoms with Crippen LogP contribution >= 0.6 is 0 Å². The summed E-state index contributed by atoms with van der Waals surface area (Å²) in [5.41, 5.74) is 3.41. The third-order valence-corrected chi connectivity index (χ3v) is 4.34. The number of aromatic amines is 1. The van der Waals surface area contributed by atoms with Crippen LogP contribution in [0.4, 0.5) is 5.69 Å². The summed E-state index contributed by atoms with van der Waals surface area (Å²) in [6.45, 7) is 5.89. The molecule has 1 aliphatic carbocycles. The van der Waals surface area contributed by atoms with E-state index in [-0.39, 0.29) is 11.7 Å². The summed E-state index contributed by atoms with van der Waals surface area (Å²) in [6.07, 6.45) is 12.2. The highest BCUT2D eigenvalue weighted by molar-refractivity contribution is 5.94. The molecule has 1 aromatic heterocycles. The van der Waals surface area contributed by atoms with E-state index < -0.39 is 0 Å². The van der Waals surface area contributed by atoms with Crippen molar-refractivity contribution < 1.29 is 4.79 Å². The fourth-order valence-corrected chi connectivity index (χ4v) is 2.99. The number of aryl methyl sites for hydroxylation is 1. The molecule has 2 N–H and O–H groups in total. The summed E-state index contributed by atoms with van der Waals surface area (Å²) in [5, 5.41) is 12.6. The summed E-state index contributed by atoms with van der Waals surface area (Å²) in [7, 11) is 0. The first kappa shape index (κ1) is 17.1. The molecule has 122 valence electrons. The van der Waals surface area contributed by atoms with Crippen molar-refractivity contribution in [3.8, 4) is 6.07 Å². The van der Waals surface area contributed by atoms with Crippen molar-refractivity contribution >= 4 is 11.5 Å². The van der Waals surface area contributed by atoms with E-state index in [9.17, 15) is 10.1 Å². The van der Waals surface area contributed by atoms with Gasteiger partial charge in [-0.1, -0.05) is 25.8 Å². The molecule has 1 aliphatic rings. The van der Waals surface area contributed by atoms with Gasteiger partial charge in [-0.25, -0.2) is 0 Å². The van der Waals surface area contributed by atoms with Crippen LogP contribution in [0.2, 0.25) is 0 Å². The van der Waals surface area contributed by atoms with Crippen LogP contribution in [0.3, 0.4) is 0 Å². The molecule has 2 rings (SSSR count). The number of nitrogens with zero attached hydrogens (tertiary/aromatic N) is 1. The molecular formula is C19H25N3O. The highest BCUT2D eigenvalue weighted by atomic mass is 16.1. The second-order valence-electron chi connectivity index (χ2n) is 6.09. The van der Waals surface area contributed by atoms with Gasteiger partial charge in [0.25, 0.3) is 0 Å². The number of carbonyl (C=O) groups excluding carboxylic acids is 1. The van der Waals surface area contributed by atoms with Crippen LogP contribution in [0, 0.1) is 17.2 Å². The molecule has 1 aromatic rings. The predicted molar refractivity (Wildman–Crippen MR) is 93.0 cm³/mol. The lowest BCUT2D eigenvalue weighted by Gasteiger charge is -2.21. The minimum absolute atomic E-state index is 0.0590. The van der Waals surface area contributed by atoms with Crippen molar-refractivity contribution in [2.45, 2.75) is 51.9 Å². The van der Waals surface area contributed by atoms with Gasteiger partial charge in [0.1, 0.15) is 11.8 Å². The number of hydrogen-bond donors (Lipinski definition) is 2. The van der Waals surface area contributed by atoms with Crippen molar-refractivity contribution in [1.82, 2.24) is 4.98 Å². The van der Waals surface area contributed by atoms with Crippen LogP contribution in [0.1, 0.15) is 56.7 Å². The number of H-pyrrole nitrogens is 1. The topological polar surface area (TPSA) is 68.7 Å². The molecule has 0 amide bonds.